The van der Waals surface area contributed by atoms with E-state index < -0.39 is 0 Å². The third-order valence-electron chi connectivity index (χ3n) is 4.57. The highest BCUT2D eigenvalue weighted by Gasteiger charge is 2.36. The van der Waals surface area contributed by atoms with Crippen molar-refractivity contribution in [1.29, 1.82) is 0 Å². The fourth-order valence-electron chi connectivity index (χ4n) is 3.30. The monoisotopic (exact) mass is 356 g/mol. The number of amides is 2. The number of anilines is 2. The molecule has 0 radical (unpaired) electrons. The molecule has 1 atom stereocenters. The normalized spacial score (nSPS) is 17.0. The van der Waals surface area contributed by atoms with Crippen molar-refractivity contribution in [2.24, 2.45) is 5.92 Å². The van der Waals surface area contributed by atoms with Gasteiger partial charge in [-0.25, -0.2) is 0 Å². The van der Waals surface area contributed by atoms with E-state index in [4.69, 9.17) is 11.6 Å². The Kier molecular flexibility index (Phi) is 4.82. The Morgan fingerprint density at radius 3 is 2.56 bits per heavy atom. The molecule has 0 aliphatic carbocycles. The van der Waals surface area contributed by atoms with Gasteiger partial charge in [0.2, 0.25) is 11.8 Å². The fourth-order valence-corrected chi connectivity index (χ4v) is 3.72. The lowest BCUT2D eigenvalue weighted by Crippen LogP contribution is -2.29. The second kappa shape index (κ2) is 6.89. The van der Waals surface area contributed by atoms with Gasteiger partial charge in [0.1, 0.15) is 0 Å². The fraction of sp³-hybridized carbons (Fsp3) is 0.300. The van der Waals surface area contributed by atoms with E-state index in [1.807, 2.05) is 57.2 Å². The van der Waals surface area contributed by atoms with Crippen molar-refractivity contribution in [3.63, 3.8) is 0 Å². The minimum absolute atomic E-state index is 0.0706. The molecule has 1 heterocycles. The molecule has 0 aromatic heterocycles. The summed E-state index contributed by atoms with van der Waals surface area (Å²) in [6.45, 7) is 6.19. The maximum atomic E-state index is 12.6. The summed E-state index contributed by atoms with van der Waals surface area (Å²) in [6.07, 6.45) is 0.196. The Hall–Kier alpha value is -2.33. The topological polar surface area (TPSA) is 49.4 Å². The van der Waals surface area contributed by atoms with Crippen LogP contribution in [0.5, 0.6) is 0 Å². The zero-order chi connectivity index (χ0) is 18.1. The van der Waals surface area contributed by atoms with Crippen LogP contribution in [0.4, 0.5) is 11.4 Å². The largest absolute Gasteiger partial charge is 0.326 e. The number of aryl methyl sites for hydroxylation is 3. The van der Waals surface area contributed by atoms with Crippen molar-refractivity contribution < 1.29 is 9.59 Å². The molecule has 5 heteroatoms. The summed E-state index contributed by atoms with van der Waals surface area (Å²) in [7, 11) is 0. The molecule has 0 spiro atoms. The molecule has 1 saturated heterocycles. The molecule has 1 N–H and O–H groups in total. The number of rotatable bonds is 3. The molecule has 1 fully saturated rings. The maximum Gasteiger partial charge on any atom is 0.229 e. The van der Waals surface area contributed by atoms with Gasteiger partial charge in [0.25, 0.3) is 0 Å². The molecule has 2 amide bonds. The van der Waals surface area contributed by atoms with E-state index in [0.29, 0.717) is 17.3 Å². The number of benzene rings is 2. The van der Waals surface area contributed by atoms with E-state index in [1.165, 1.54) is 0 Å². The van der Waals surface area contributed by atoms with Gasteiger partial charge < -0.3 is 10.2 Å². The first kappa shape index (κ1) is 17.5. The summed E-state index contributed by atoms with van der Waals surface area (Å²) in [6, 6.07) is 11.4. The van der Waals surface area contributed by atoms with Crippen LogP contribution in [-0.2, 0) is 9.59 Å². The van der Waals surface area contributed by atoms with E-state index in [1.54, 1.807) is 4.90 Å². The summed E-state index contributed by atoms with van der Waals surface area (Å²) in [5.41, 5.74) is 4.48. The standard InChI is InChI=1S/C20H21ClN2O2/c1-12-8-14(3)19(16(21)9-12)23-11-15(10-18(23)24)20(25)22-17-7-5-4-6-13(17)2/h4-9,15H,10-11H2,1-3H3,(H,22,25). The molecule has 1 unspecified atom stereocenters. The van der Waals surface area contributed by atoms with Gasteiger partial charge >= 0.3 is 0 Å². The summed E-state index contributed by atoms with van der Waals surface area (Å²) in [5, 5.41) is 3.48. The van der Waals surface area contributed by atoms with Crippen LogP contribution in [0.15, 0.2) is 36.4 Å². The molecular formula is C20H21ClN2O2. The molecule has 130 valence electrons. The van der Waals surface area contributed by atoms with Crippen LogP contribution in [0.3, 0.4) is 0 Å². The van der Waals surface area contributed by atoms with Gasteiger partial charge in [-0.05, 0) is 49.6 Å². The third-order valence-corrected chi connectivity index (χ3v) is 4.86. The SMILES string of the molecule is Cc1cc(C)c(N2CC(C(=O)Nc3ccccc3C)CC2=O)c(Cl)c1. The first-order valence-corrected chi connectivity index (χ1v) is 8.68. The van der Waals surface area contributed by atoms with Gasteiger partial charge in [-0.1, -0.05) is 35.9 Å². The minimum atomic E-state index is -0.385. The number of para-hydroxylation sites is 1. The van der Waals surface area contributed by atoms with E-state index in [0.717, 1.165) is 22.4 Å². The number of carbonyl (C=O) groups excluding carboxylic acids is 2. The van der Waals surface area contributed by atoms with Crippen molar-refractivity contribution in [3.05, 3.63) is 58.1 Å². The zero-order valence-corrected chi connectivity index (χ0v) is 15.4. The van der Waals surface area contributed by atoms with Crippen LogP contribution < -0.4 is 10.2 Å². The van der Waals surface area contributed by atoms with E-state index in [9.17, 15) is 9.59 Å². The highest BCUT2D eigenvalue weighted by molar-refractivity contribution is 6.34. The number of hydrogen-bond acceptors (Lipinski definition) is 2. The van der Waals surface area contributed by atoms with Gasteiger partial charge in [-0.3, -0.25) is 9.59 Å². The van der Waals surface area contributed by atoms with Crippen LogP contribution in [0.25, 0.3) is 0 Å². The Morgan fingerprint density at radius 1 is 1.16 bits per heavy atom. The Labute approximate surface area is 152 Å². The Morgan fingerprint density at radius 2 is 1.88 bits per heavy atom. The summed E-state index contributed by atoms with van der Waals surface area (Å²) in [5.74, 6) is -0.589. The van der Waals surface area contributed by atoms with Crippen molar-refractivity contribution in [3.8, 4) is 0 Å². The molecule has 3 rings (SSSR count). The molecule has 4 nitrogen and oxygen atoms in total. The number of halogens is 1. The highest BCUT2D eigenvalue weighted by atomic mass is 35.5. The maximum absolute atomic E-state index is 12.6. The molecule has 25 heavy (non-hydrogen) atoms. The lowest BCUT2D eigenvalue weighted by atomic mass is 10.1. The molecule has 1 aliphatic rings. The first-order valence-electron chi connectivity index (χ1n) is 8.30. The Balaban J connectivity index is 1.79. The summed E-state index contributed by atoms with van der Waals surface area (Å²) < 4.78 is 0. The predicted molar refractivity (Wildman–Crippen MR) is 101 cm³/mol. The van der Waals surface area contributed by atoms with Gasteiger partial charge in [0, 0.05) is 18.7 Å². The lowest BCUT2D eigenvalue weighted by Gasteiger charge is -2.21. The first-order chi connectivity index (χ1) is 11.9. The summed E-state index contributed by atoms with van der Waals surface area (Å²) in [4.78, 5) is 26.7. The highest BCUT2D eigenvalue weighted by Crippen LogP contribution is 2.35. The number of hydrogen-bond donors (Lipinski definition) is 1. The molecule has 0 saturated carbocycles. The second-order valence-corrected chi connectivity index (χ2v) is 7.03. The van der Waals surface area contributed by atoms with Crippen molar-refractivity contribution in [1.82, 2.24) is 0 Å². The average Bonchev–Trinajstić information content (AvgIpc) is 2.90. The second-order valence-electron chi connectivity index (χ2n) is 6.62. The molecular weight excluding hydrogens is 336 g/mol. The zero-order valence-electron chi connectivity index (χ0n) is 14.6. The summed E-state index contributed by atoms with van der Waals surface area (Å²) >= 11 is 6.36. The van der Waals surface area contributed by atoms with Gasteiger partial charge in [0.05, 0.1) is 16.6 Å². The van der Waals surface area contributed by atoms with Gasteiger partial charge in [0.15, 0.2) is 0 Å². The number of nitrogens with zero attached hydrogens (tertiary/aromatic N) is 1. The lowest BCUT2D eigenvalue weighted by molar-refractivity contribution is -0.122. The minimum Gasteiger partial charge on any atom is -0.326 e. The third kappa shape index (κ3) is 3.54. The molecule has 1 aliphatic heterocycles. The average molecular weight is 357 g/mol. The Bertz CT molecular complexity index is 824. The molecule has 0 bridgehead atoms. The van der Waals surface area contributed by atoms with E-state index in [-0.39, 0.29) is 24.2 Å². The van der Waals surface area contributed by atoms with Crippen molar-refractivity contribution in [2.45, 2.75) is 27.2 Å². The quantitative estimate of drug-likeness (QED) is 0.893. The predicted octanol–water partition coefficient (Wildman–Crippen LogP) is 4.26. The number of nitrogens with one attached hydrogen (secondary N) is 1. The van der Waals surface area contributed by atoms with Crippen LogP contribution >= 0.6 is 11.6 Å². The van der Waals surface area contributed by atoms with E-state index in [2.05, 4.69) is 5.32 Å². The van der Waals surface area contributed by atoms with Crippen LogP contribution in [0.1, 0.15) is 23.1 Å². The smallest absolute Gasteiger partial charge is 0.229 e. The molecule has 2 aromatic rings. The van der Waals surface area contributed by atoms with Crippen molar-refractivity contribution >= 4 is 34.8 Å². The molecule has 2 aromatic carbocycles. The van der Waals surface area contributed by atoms with Crippen LogP contribution in [0.2, 0.25) is 5.02 Å². The van der Waals surface area contributed by atoms with Gasteiger partial charge in [-0.15, -0.1) is 0 Å². The van der Waals surface area contributed by atoms with Crippen molar-refractivity contribution in [2.75, 3.05) is 16.8 Å². The number of carbonyl (C=O) groups is 2. The van der Waals surface area contributed by atoms with Crippen LogP contribution in [0, 0.1) is 26.7 Å². The van der Waals surface area contributed by atoms with Gasteiger partial charge in [-0.2, -0.15) is 0 Å². The van der Waals surface area contributed by atoms with E-state index >= 15 is 0 Å². The van der Waals surface area contributed by atoms with Crippen LogP contribution in [-0.4, -0.2) is 18.4 Å².